The average molecular weight is 202 g/mol. The zero-order valence-corrected chi connectivity index (χ0v) is 8.20. The number of H-pyrrole nitrogens is 1. The summed E-state index contributed by atoms with van der Waals surface area (Å²) in [7, 11) is 0. The molecule has 0 aliphatic heterocycles. The van der Waals surface area contributed by atoms with Crippen molar-refractivity contribution in [2.75, 3.05) is 0 Å². The highest BCUT2D eigenvalue weighted by molar-refractivity contribution is 5.40. The third-order valence-corrected chi connectivity index (χ3v) is 2.15. The van der Waals surface area contributed by atoms with Crippen molar-refractivity contribution < 1.29 is 4.39 Å². The molecule has 0 radical (unpaired) electrons. The van der Waals surface area contributed by atoms with Crippen molar-refractivity contribution in [1.29, 1.82) is 0 Å². The molecule has 1 aromatic carbocycles. The van der Waals surface area contributed by atoms with E-state index in [-0.39, 0.29) is 5.82 Å². The van der Waals surface area contributed by atoms with Crippen molar-refractivity contribution in [2.45, 2.75) is 6.42 Å². The molecule has 0 aliphatic rings. The van der Waals surface area contributed by atoms with Gasteiger partial charge in [0, 0.05) is 6.42 Å². The second kappa shape index (κ2) is 4.09. The van der Waals surface area contributed by atoms with Gasteiger partial charge in [0.05, 0.1) is 11.9 Å². The lowest BCUT2D eigenvalue weighted by Crippen LogP contribution is -1.90. The molecule has 76 valence electrons. The number of hydrogen-bond acceptors (Lipinski definition) is 1. The standard InChI is InChI=1S/C12H11FN2/c1-2-11-8-14-12(15-11)7-9-3-5-10(13)6-4-9/h2-6,8H,1,7H2,(H,14,15). The summed E-state index contributed by atoms with van der Waals surface area (Å²) in [6.07, 6.45) is 4.11. The van der Waals surface area contributed by atoms with Crippen molar-refractivity contribution in [1.82, 2.24) is 9.97 Å². The smallest absolute Gasteiger partial charge is 0.123 e. The minimum atomic E-state index is -0.218. The number of nitrogens with one attached hydrogen (secondary N) is 1. The number of hydrogen-bond donors (Lipinski definition) is 1. The Labute approximate surface area is 87.5 Å². The van der Waals surface area contributed by atoms with Gasteiger partial charge in [-0.25, -0.2) is 9.37 Å². The molecule has 1 heterocycles. The molecule has 0 amide bonds. The molecule has 0 spiro atoms. The van der Waals surface area contributed by atoms with Gasteiger partial charge in [-0.1, -0.05) is 18.7 Å². The van der Waals surface area contributed by atoms with Crippen molar-refractivity contribution >= 4 is 6.08 Å². The topological polar surface area (TPSA) is 28.7 Å². The van der Waals surface area contributed by atoms with Crippen LogP contribution in [0, 0.1) is 5.82 Å². The normalized spacial score (nSPS) is 10.2. The quantitative estimate of drug-likeness (QED) is 0.814. The Kier molecular flexibility index (Phi) is 2.63. The van der Waals surface area contributed by atoms with Crippen LogP contribution in [-0.4, -0.2) is 9.97 Å². The van der Waals surface area contributed by atoms with Crippen LogP contribution >= 0.6 is 0 Å². The van der Waals surface area contributed by atoms with E-state index in [9.17, 15) is 4.39 Å². The second-order valence-corrected chi connectivity index (χ2v) is 3.29. The minimum Gasteiger partial charge on any atom is -0.342 e. The maximum absolute atomic E-state index is 12.6. The minimum absolute atomic E-state index is 0.218. The second-order valence-electron chi connectivity index (χ2n) is 3.29. The summed E-state index contributed by atoms with van der Waals surface area (Å²) in [6.45, 7) is 3.64. The summed E-state index contributed by atoms with van der Waals surface area (Å²) in [4.78, 5) is 7.29. The maximum atomic E-state index is 12.6. The lowest BCUT2D eigenvalue weighted by molar-refractivity contribution is 0.627. The van der Waals surface area contributed by atoms with E-state index in [1.54, 1.807) is 24.4 Å². The number of imidazole rings is 1. The highest BCUT2D eigenvalue weighted by Crippen LogP contribution is 2.08. The van der Waals surface area contributed by atoms with Gasteiger partial charge in [0.2, 0.25) is 0 Å². The van der Waals surface area contributed by atoms with Crippen molar-refractivity contribution in [2.24, 2.45) is 0 Å². The third-order valence-electron chi connectivity index (χ3n) is 2.15. The Morgan fingerprint density at radius 2 is 2.07 bits per heavy atom. The summed E-state index contributed by atoms with van der Waals surface area (Å²) in [5.74, 6) is 0.640. The van der Waals surface area contributed by atoms with Gasteiger partial charge < -0.3 is 4.98 Å². The summed E-state index contributed by atoms with van der Waals surface area (Å²) >= 11 is 0. The molecule has 0 saturated carbocycles. The van der Waals surface area contributed by atoms with E-state index in [1.807, 2.05) is 0 Å². The summed E-state index contributed by atoms with van der Waals surface area (Å²) in [6, 6.07) is 6.41. The fourth-order valence-corrected chi connectivity index (χ4v) is 1.37. The molecule has 2 nitrogen and oxygen atoms in total. The monoisotopic (exact) mass is 202 g/mol. The molecular formula is C12H11FN2. The predicted octanol–water partition coefficient (Wildman–Crippen LogP) is 2.78. The van der Waals surface area contributed by atoms with E-state index in [4.69, 9.17) is 0 Å². The molecule has 2 rings (SSSR count). The molecule has 15 heavy (non-hydrogen) atoms. The first-order valence-electron chi connectivity index (χ1n) is 4.68. The predicted molar refractivity (Wildman–Crippen MR) is 57.9 cm³/mol. The van der Waals surface area contributed by atoms with Gasteiger partial charge in [-0.3, -0.25) is 0 Å². The zero-order valence-electron chi connectivity index (χ0n) is 8.20. The van der Waals surface area contributed by atoms with Gasteiger partial charge in [0.1, 0.15) is 11.6 Å². The molecule has 0 fully saturated rings. The Morgan fingerprint density at radius 1 is 1.33 bits per heavy atom. The highest BCUT2D eigenvalue weighted by Gasteiger charge is 2.00. The largest absolute Gasteiger partial charge is 0.342 e. The molecule has 2 aromatic rings. The number of halogens is 1. The molecule has 0 bridgehead atoms. The van der Waals surface area contributed by atoms with Gasteiger partial charge in [0.25, 0.3) is 0 Å². The Morgan fingerprint density at radius 3 is 2.67 bits per heavy atom. The van der Waals surface area contributed by atoms with E-state index in [2.05, 4.69) is 16.5 Å². The van der Waals surface area contributed by atoms with Gasteiger partial charge in [-0.05, 0) is 23.8 Å². The lowest BCUT2D eigenvalue weighted by atomic mass is 10.1. The van der Waals surface area contributed by atoms with E-state index < -0.39 is 0 Å². The van der Waals surface area contributed by atoms with Crippen LogP contribution in [0.3, 0.4) is 0 Å². The summed E-state index contributed by atoms with van der Waals surface area (Å²) < 4.78 is 12.6. The zero-order chi connectivity index (χ0) is 10.7. The van der Waals surface area contributed by atoms with Crippen molar-refractivity contribution in [3.63, 3.8) is 0 Å². The first kappa shape index (κ1) is 9.65. The SMILES string of the molecule is C=Cc1cnc(Cc2ccc(F)cc2)[nH]1. The van der Waals surface area contributed by atoms with Crippen LogP contribution in [0.25, 0.3) is 6.08 Å². The number of aromatic nitrogens is 2. The van der Waals surface area contributed by atoms with Crippen LogP contribution in [0.15, 0.2) is 37.0 Å². The molecule has 1 N–H and O–H groups in total. The van der Waals surface area contributed by atoms with Crippen LogP contribution in [0.1, 0.15) is 17.1 Å². The molecule has 0 atom stereocenters. The summed E-state index contributed by atoms with van der Waals surface area (Å²) in [5, 5.41) is 0. The van der Waals surface area contributed by atoms with E-state index in [1.165, 1.54) is 12.1 Å². The van der Waals surface area contributed by atoms with E-state index >= 15 is 0 Å². The first-order chi connectivity index (χ1) is 7.28. The number of aromatic amines is 1. The van der Waals surface area contributed by atoms with Crippen molar-refractivity contribution in [3.8, 4) is 0 Å². The molecule has 3 heteroatoms. The van der Waals surface area contributed by atoms with Gasteiger partial charge in [-0.2, -0.15) is 0 Å². The third kappa shape index (κ3) is 2.31. The Hall–Kier alpha value is -1.90. The number of rotatable bonds is 3. The lowest BCUT2D eigenvalue weighted by Gasteiger charge is -1.97. The summed E-state index contributed by atoms with van der Waals surface area (Å²) in [5.41, 5.74) is 1.92. The fourth-order valence-electron chi connectivity index (χ4n) is 1.37. The van der Waals surface area contributed by atoms with Crippen LogP contribution in [0.5, 0.6) is 0 Å². The Bertz CT molecular complexity index is 457. The van der Waals surface area contributed by atoms with Crippen LogP contribution in [0.2, 0.25) is 0 Å². The molecule has 0 saturated heterocycles. The maximum Gasteiger partial charge on any atom is 0.123 e. The molecule has 0 unspecified atom stereocenters. The van der Waals surface area contributed by atoms with Gasteiger partial charge >= 0.3 is 0 Å². The molecule has 1 aromatic heterocycles. The van der Waals surface area contributed by atoms with Crippen molar-refractivity contribution in [3.05, 3.63) is 59.9 Å². The number of benzene rings is 1. The Balaban J connectivity index is 2.14. The molecule has 0 aliphatic carbocycles. The van der Waals surface area contributed by atoms with Crippen LogP contribution < -0.4 is 0 Å². The van der Waals surface area contributed by atoms with Crippen LogP contribution in [0.4, 0.5) is 4.39 Å². The van der Waals surface area contributed by atoms with Gasteiger partial charge in [-0.15, -0.1) is 0 Å². The van der Waals surface area contributed by atoms with E-state index in [0.717, 1.165) is 17.1 Å². The number of nitrogens with zero attached hydrogens (tertiary/aromatic N) is 1. The molecular weight excluding hydrogens is 191 g/mol. The average Bonchev–Trinajstić information content (AvgIpc) is 2.69. The van der Waals surface area contributed by atoms with Crippen LogP contribution in [-0.2, 0) is 6.42 Å². The highest BCUT2D eigenvalue weighted by atomic mass is 19.1. The van der Waals surface area contributed by atoms with E-state index in [0.29, 0.717) is 6.42 Å². The van der Waals surface area contributed by atoms with Gasteiger partial charge in [0.15, 0.2) is 0 Å². The fraction of sp³-hybridized carbons (Fsp3) is 0.0833. The first-order valence-corrected chi connectivity index (χ1v) is 4.68.